The molecule has 6 heteroatoms. The summed E-state index contributed by atoms with van der Waals surface area (Å²) >= 11 is 0. The number of anilines is 1. The average Bonchev–Trinajstić information content (AvgIpc) is 2.14. The Bertz CT molecular complexity index is 416. The van der Waals surface area contributed by atoms with Gasteiger partial charge in [-0.2, -0.15) is 4.39 Å². The normalized spacial score (nSPS) is 10.9. The van der Waals surface area contributed by atoms with Crippen LogP contribution in [0.25, 0.3) is 0 Å². The summed E-state index contributed by atoms with van der Waals surface area (Å²) in [5.41, 5.74) is -0.447. The molecule has 1 rings (SSSR count). The van der Waals surface area contributed by atoms with Gasteiger partial charge in [-0.15, -0.1) is 0 Å². The molecule has 5 nitrogen and oxygen atoms in total. The minimum Gasteiger partial charge on any atom is -0.493 e. The number of amides is 1. The molecular formula is C11H15FN2O3. The van der Waals surface area contributed by atoms with Gasteiger partial charge in [-0.25, -0.2) is 9.78 Å². The van der Waals surface area contributed by atoms with E-state index in [9.17, 15) is 9.18 Å². The Morgan fingerprint density at radius 1 is 1.47 bits per heavy atom. The van der Waals surface area contributed by atoms with Crippen molar-refractivity contribution in [2.45, 2.75) is 26.4 Å². The maximum atomic E-state index is 12.9. The van der Waals surface area contributed by atoms with E-state index in [0.717, 1.165) is 6.07 Å². The quantitative estimate of drug-likeness (QED) is 0.810. The van der Waals surface area contributed by atoms with Gasteiger partial charge in [-0.05, 0) is 20.8 Å². The molecule has 0 bridgehead atoms. The Balaban J connectivity index is 2.80. The second-order valence-electron chi connectivity index (χ2n) is 4.33. The number of methoxy groups -OCH3 is 1. The van der Waals surface area contributed by atoms with Crippen LogP contribution in [0, 0.1) is 5.95 Å². The van der Waals surface area contributed by atoms with E-state index in [-0.39, 0.29) is 11.4 Å². The van der Waals surface area contributed by atoms with E-state index in [0.29, 0.717) is 0 Å². The van der Waals surface area contributed by atoms with Crippen molar-refractivity contribution in [3.8, 4) is 5.75 Å². The second-order valence-corrected chi connectivity index (χ2v) is 4.33. The average molecular weight is 242 g/mol. The number of nitrogens with one attached hydrogen (secondary N) is 1. The van der Waals surface area contributed by atoms with Crippen molar-refractivity contribution in [1.29, 1.82) is 0 Å². The van der Waals surface area contributed by atoms with Crippen molar-refractivity contribution >= 4 is 11.8 Å². The largest absolute Gasteiger partial charge is 0.493 e. The van der Waals surface area contributed by atoms with Gasteiger partial charge in [0.1, 0.15) is 5.60 Å². The molecule has 94 valence electrons. The molecule has 0 atom stereocenters. The zero-order valence-electron chi connectivity index (χ0n) is 10.2. The third-order valence-corrected chi connectivity index (χ3v) is 1.69. The van der Waals surface area contributed by atoms with Gasteiger partial charge in [0.05, 0.1) is 19.0 Å². The van der Waals surface area contributed by atoms with E-state index in [1.165, 1.54) is 13.3 Å². The summed E-state index contributed by atoms with van der Waals surface area (Å²) < 4.78 is 22.9. The molecule has 0 radical (unpaired) electrons. The highest BCUT2D eigenvalue weighted by Gasteiger charge is 2.17. The summed E-state index contributed by atoms with van der Waals surface area (Å²) in [6.45, 7) is 5.20. The lowest BCUT2D eigenvalue weighted by Gasteiger charge is -2.20. The molecule has 0 aliphatic carbocycles. The molecular weight excluding hydrogens is 227 g/mol. The second kappa shape index (κ2) is 4.99. The van der Waals surface area contributed by atoms with Crippen LogP contribution >= 0.6 is 0 Å². The number of nitrogens with zero attached hydrogens (tertiary/aromatic N) is 1. The molecule has 1 aromatic heterocycles. The lowest BCUT2D eigenvalue weighted by molar-refractivity contribution is 0.0635. The Labute approximate surface area is 98.9 Å². The fourth-order valence-corrected chi connectivity index (χ4v) is 1.09. The maximum absolute atomic E-state index is 12.9. The third-order valence-electron chi connectivity index (χ3n) is 1.69. The first-order valence-corrected chi connectivity index (χ1v) is 5.01. The highest BCUT2D eigenvalue weighted by Crippen LogP contribution is 2.23. The molecule has 1 heterocycles. The lowest BCUT2D eigenvalue weighted by atomic mass is 10.2. The zero-order chi connectivity index (χ0) is 13.1. The summed E-state index contributed by atoms with van der Waals surface area (Å²) in [5.74, 6) is -0.450. The number of hydrogen-bond donors (Lipinski definition) is 1. The van der Waals surface area contributed by atoms with E-state index in [1.807, 2.05) is 0 Å². The van der Waals surface area contributed by atoms with Crippen LogP contribution in [-0.2, 0) is 4.74 Å². The SMILES string of the molecule is COc1cnc(F)cc1NC(=O)OC(C)(C)C. The summed E-state index contributed by atoms with van der Waals surface area (Å²) in [4.78, 5) is 14.9. The van der Waals surface area contributed by atoms with Crippen molar-refractivity contribution in [2.75, 3.05) is 12.4 Å². The molecule has 0 saturated carbocycles. The molecule has 0 saturated heterocycles. The van der Waals surface area contributed by atoms with E-state index in [1.54, 1.807) is 20.8 Å². The van der Waals surface area contributed by atoms with Crippen LogP contribution in [-0.4, -0.2) is 23.8 Å². The van der Waals surface area contributed by atoms with Crippen LogP contribution in [0.5, 0.6) is 5.75 Å². The fraction of sp³-hybridized carbons (Fsp3) is 0.455. The van der Waals surface area contributed by atoms with Crippen molar-refractivity contribution in [3.05, 3.63) is 18.2 Å². The van der Waals surface area contributed by atoms with Crippen LogP contribution in [0.3, 0.4) is 0 Å². The number of pyridine rings is 1. The number of ether oxygens (including phenoxy) is 2. The van der Waals surface area contributed by atoms with Crippen molar-refractivity contribution in [1.82, 2.24) is 4.98 Å². The number of hydrogen-bond acceptors (Lipinski definition) is 4. The van der Waals surface area contributed by atoms with E-state index in [2.05, 4.69) is 10.3 Å². The molecule has 0 fully saturated rings. The molecule has 17 heavy (non-hydrogen) atoms. The Morgan fingerprint density at radius 3 is 2.65 bits per heavy atom. The van der Waals surface area contributed by atoms with Gasteiger partial charge in [0.2, 0.25) is 5.95 Å². The molecule has 0 spiro atoms. The molecule has 1 aromatic rings. The Morgan fingerprint density at radius 2 is 2.12 bits per heavy atom. The molecule has 0 aliphatic heterocycles. The van der Waals surface area contributed by atoms with Crippen molar-refractivity contribution < 1.29 is 18.7 Å². The van der Waals surface area contributed by atoms with Crippen LogP contribution in [0.1, 0.15) is 20.8 Å². The third kappa shape index (κ3) is 4.26. The van der Waals surface area contributed by atoms with E-state index in [4.69, 9.17) is 9.47 Å². The summed E-state index contributed by atoms with van der Waals surface area (Å²) in [7, 11) is 1.40. The predicted molar refractivity (Wildman–Crippen MR) is 60.6 cm³/mol. The molecule has 0 aliphatic rings. The summed E-state index contributed by atoms with van der Waals surface area (Å²) in [5, 5.41) is 2.39. The van der Waals surface area contributed by atoms with Crippen molar-refractivity contribution in [2.24, 2.45) is 0 Å². The van der Waals surface area contributed by atoms with E-state index >= 15 is 0 Å². The molecule has 1 N–H and O–H groups in total. The van der Waals surface area contributed by atoms with Crippen LogP contribution in [0.15, 0.2) is 12.3 Å². The van der Waals surface area contributed by atoms with Crippen LogP contribution in [0.2, 0.25) is 0 Å². The first kappa shape index (κ1) is 13.2. The Kier molecular flexibility index (Phi) is 3.88. The highest BCUT2D eigenvalue weighted by atomic mass is 19.1. The number of carbonyl (C=O) groups excluding carboxylic acids is 1. The molecule has 0 aromatic carbocycles. The number of rotatable bonds is 2. The summed E-state index contributed by atoms with van der Waals surface area (Å²) in [6, 6.07) is 1.06. The van der Waals surface area contributed by atoms with Gasteiger partial charge in [-0.1, -0.05) is 0 Å². The van der Waals surface area contributed by atoms with Crippen molar-refractivity contribution in [3.63, 3.8) is 0 Å². The predicted octanol–water partition coefficient (Wildman–Crippen LogP) is 2.58. The summed E-state index contributed by atoms with van der Waals surface area (Å²) in [6.07, 6.45) is 0.503. The lowest BCUT2D eigenvalue weighted by Crippen LogP contribution is -2.27. The van der Waals surface area contributed by atoms with Gasteiger partial charge in [0, 0.05) is 6.07 Å². The minimum absolute atomic E-state index is 0.175. The minimum atomic E-state index is -0.711. The number of aromatic nitrogens is 1. The van der Waals surface area contributed by atoms with Gasteiger partial charge in [0.25, 0.3) is 0 Å². The maximum Gasteiger partial charge on any atom is 0.412 e. The number of halogens is 1. The number of carbonyl (C=O) groups is 1. The van der Waals surface area contributed by atoms with Gasteiger partial charge < -0.3 is 9.47 Å². The van der Waals surface area contributed by atoms with Gasteiger partial charge >= 0.3 is 6.09 Å². The topological polar surface area (TPSA) is 60.5 Å². The molecule has 1 amide bonds. The van der Waals surface area contributed by atoms with Crippen LogP contribution < -0.4 is 10.1 Å². The van der Waals surface area contributed by atoms with Crippen LogP contribution in [0.4, 0.5) is 14.9 Å². The zero-order valence-corrected chi connectivity index (χ0v) is 10.2. The fourth-order valence-electron chi connectivity index (χ4n) is 1.09. The Hall–Kier alpha value is -1.85. The highest BCUT2D eigenvalue weighted by molar-refractivity contribution is 5.86. The smallest absolute Gasteiger partial charge is 0.412 e. The standard InChI is InChI=1S/C11H15FN2O3/c1-11(2,3)17-10(15)14-7-5-9(12)13-6-8(7)16-4/h5-6H,1-4H3,(H,13,14,15). The first-order valence-electron chi connectivity index (χ1n) is 5.01. The monoisotopic (exact) mass is 242 g/mol. The van der Waals surface area contributed by atoms with E-state index < -0.39 is 17.6 Å². The first-order chi connectivity index (χ1) is 7.81. The molecule has 0 unspecified atom stereocenters. The van der Waals surface area contributed by atoms with Gasteiger partial charge in [-0.3, -0.25) is 5.32 Å². The van der Waals surface area contributed by atoms with Gasteiger partial charge in [0.15, 0.2) is 5.75 Å².